The van der Waals surface area contributed by atoms with Crippen LogP contribution in [-0.4, -0.2) is 34.4 Å². The van der Waals surface area contributed by atoms with E-state index in [0.29, 0.717) is 27.4 Å². The molecule has 0 fully saturated rings. The Balaban J connectivity index is 1.38. The van der Waals surface area contributed by atoms with Crippen molar-refractivity contribution in [2.45, 2.75) is 71.8 Å². The number of unbranched alkanes of at least 4 members (excludes halogenated alkanes) is 4. The van der Waals surface area contributed by atoms with E-state index in [1.807, 2.05) is 43.3 Å². The third kappa shape index (κ3) is 6.93. The van der Waals surface area contributed by atoms with E-state index >= 15 is 0 Å². The maximum absolute atomic E-state index is 13.1. The van der Waals surface area contributed by atoms with Gasteiger partial charge in [0.2, 0.25) is 0 Å². The topological polar surface area (TPSA) is 55.8 Å². The smallest absolute Gasteiger partial charge is 0.343 e. The lowest BCUT2D eigenvalue weighted by molar-refractivity contribution is 0.0733. The van der Waals surface area contributed by atoms with Crippen LogP contribution in [0.1, 0.15) is 92.0 Å². The molecule has 1 aliphatic heterocycles. The molecule has 3 aromatic carbocycles. The number of fused-ring (bicyclic) bond motifs is 1. The highest BCUT2D eigenvalue weighted by Crippen LogP contribution is 2.29. The highest BCUT2D eigenvalue weighted by molar-refractivity contribution is 7.80. The monoisotopic (exact) mass is 543 g/mol. The SMILES string of the molecule is CCCCCC[C@H](C)N1C(=O)c2ccc(C(=O)Oc3ccc(-c4ccc(OCCCC)cc4)cc3)cc2C1=S. The lowest BCUT2D eigenvalue weighted by Crippen LogP contribution is -2.37. The van der Waals surface area contributed by atoms with Crippen molar-refractivity contribution in [2.75, 3.05) is 6.61 Å². The van der Waals surface area contributed by atoms with Crippen molar-refractivity contribution in [3.8, 4) is 22.6 Å². The van der Waals surface area contributed by atoms with E-state index in [9.17, 15) is 9.59 Å². The number of ether oxygens (including phenoxy) is 2. The molecule has 0 radical (unpaired) electrons. The van der Waals surface area contributed by atoms with Crippen LogP contribution in [0.4, 0.5) is 0 Å². The summed E-state index contributed by atoms with van der Waals surface area (Å²) in [5, 5.41) is 0. The molecule has 1 heterocycles. The standard InChI is InChI=1S/C33H37NO4S/c1-4-6-8-9-10-23(3)34-31(35)29-20-15-26(22-30(29)32(34)39)33(36)38-28-18-13-25(14-19-28)24-11-16-27(17-12-24)37-21-7-5-2/h11-20,22-23H,4-10,21H2,1-3H3/t23-/m0/s1. The molecule has 1 atom stereocenters. The molecule has 0 spiro atoms. The van der Waals surface area contributed by atoms with Gasteiger partial charge in [0.1, 0.15) is 16.5 Å². The molecule has 3 aromatic rings. The van der Waals surface area contributed by atoms with Crippen molar-refractivity contribution in [3.05, 3.63) is 83.4 Å². The van der Waals surface area contributed by atoms with Gasteiger partial charge in [-0.1, -0.05) is 82.4 Å². The number of thiocarbonyl (C=S) groups is 1. The van der Waals surface area contributed by atoms with Crippen molar-refractivity contribution in [1.29, 1.82) is 0 Å². The van der Waals surface area contributed by atoms with Gasteiger partial charge in [0, 0.05) is 11.6 Å². The number of esters is 1. The summed E-state index contributed by atoms with van der Waals surface area (Å²) in [6.45, 7) is 7.08. The van der Waals surface area contributed by atoms with E-state index in [4.69, 9.17) is 21.7 Å². The fourth-order valence-electron chi connectivity index (χ4n) is 4.74. The van der Waals surface area contributed by atoms with Crippen molar-refractivity contribution in [2.24, 2.45) is 0 Å². The molecule has 1 aliphatic rings. The normalized spacial score (nSPS) is 13.4. The summed E-state index contributed by atoms with van der Waals surface area (Å²) in [6, 6.07) is 20.4. The van der Waals surface area contributed by atoms with E-state index in [0.717, 1.165) is 55.6 Å². The average molecular weight is 544 g/mol. The zero-order valence-electron chi connectivity index (χ0n) is 23.1. The highest BCUT2D eigenvalue weighted by Gasteiger charge is 2.36. The molecule has 1 amide bonds. The Morgan fingerprint density at radius 3 is 2.10 bits per heavy atom. The molecule has 0 unspecified atom stereocenters. The lowest BCUT2D eigenvalue weighted by atomic mass is 10.1. The number of amides is 1. The molecular weight excluding hydrogens is 506 g/mol. The summed E-state index contributed by atoms with van der Waals surface area (Å²) in [5.41, 5.74) is 3.60. The summed E-state index contributed by atoms with van der Waals surface area (Å²) < 4.78 is 11.4. The van der Waals surface area contributed by atoms with Gasteiger partial charge in [0.05, 0.1) is 17.7 Å². The number of carbonyl (C=O) groups excluding carboxylic acids is 2. The Morgan fingerprint density at radius 2 is 1.46 bits per heavy atom. The van der Waals surface area contributed by atoms with Gasteiger partial charge in [-0.2, -0.15) is 0 Å². The fraction of sp³-hybridized carbons (Fsp3) is 0.364. The number of hydrogen-bond donors (Lipinski definition) is 0. The zero-order valence-corrected chi connectivity index (χ0v) is 23.9. The van der Waals surface area contributed by atoms with Gasteiger partial charge < -0.3 is 9.47 Å². The Labute approximate surface area is 237 Å². The van der Waals surface area contributed by atoms with Crippen LogP contribution in [0.2, 0.25) is 0 Å². The summed E-state index contributed by atoms with van der Waals surface area (Å²) in [4.78, 5) is 28.2. The van der Waals surface area contributed by atoms with Gasteiger partial charge in [0.15, 0.2) is 0 Å². The molecule has 6 heteroatoms. The Kier molecular flexibility index (Phi) is 9.88. The Bertz CT molecular complexity index is 1300. The predicted octanol–water partition coefficient (Wildman–Crippen LogP) is 8.24. The fourth-order valence-corrected chi connectivity index (χ4v) is 5.17. The summed E-state index contributed by atoms with van der Waals surface area (Å²) in [6.07, 6.45) is 7.63. The molecule has 5 nitrogen and oxygen atoms in total. The van der Waals surface area contributed by atoms with E-state index in [2.05, 4.69) is 13.8 Å². The van der Waals surface area contributed by atoms with Crippen LogP contribution >= 0.6 is 12.2 Å². The van der Waals surface area contributed by atoms with Crippen molar-refractivity contribution >= 4 is 29.1 Å². The number of nitrogens with zero attached hydrogens (tertiary/aromatic N) is 1. The maximum Gasteiger partial charge on any atom is 0.343 e. The Hall–Kier alpha value is -3.51. The van der Waals surface area contributed by atoms with Crippen LogP contribution in [0.15, 0.2) is 66.7 Å². The average Bonchev–Trinajstić information content (AvgIpc) is 3.21. The van der Waals surface area contributed by atoms with E-state index < -0.39 is 5.97 Å². The summed E-state index contributed by atoms with van der Waals surface area (Å²) >= 11 is 5.67. The first-order valence-corrected chi connectivity index (χ1v) is 14.4. The van der Waals surface area contributed by atoms with Gasteiger partial charge in [-0.15, -0.1) is 0 Å². The van der Waals surface area contributed by atoms with Crippen LogP contribution in [0.25, 0.3) is 11.1 Å². The van der Waals surface area contributed by atoms with Crippen molar-refractivity contribution < 1.29 is 19.1 Å². The minimum absolute atomic E-state index is 0.0213. The second-order valence-corrected chi connectivity index (χ2v) is 10.5. The van der Waals surface area contributed by atoms with Gasteiger partial charge in [-0.25, -0.2) is 4.79 Å². The van der Waals surface area contributed by atoms with Gasteiger partial charge in [0.25, 0.3) is 5.91 Å². The van der Waals surface area contributed by atoms with Crippen LogP contribution in [-0.2, 0) is 0 Å². The molecule has 204 valence electrons. The zero-order chi connectivity index (χ0) is 27.8. The molecule has 0 aliphatic carbocycles. The van der Waals surface area contributed by atoms with Crippen molar-refractivity contribution in [1.82, 2.24) is 4.90 Å². The van der Waals surface area contributed by atoms with Crippen LogP contribution in [0, 0.1) is 0 Å². The summed E-state index contributed by atoms with van der Waals surface area (Å²) in [7, 11) is 0. The van der Waals surface area contributed by atoms with Crippen molar-refractivity contribution in [3.63, 3.8) is 0 Å². The maximum atomic E-state index is 13.1. The second-order valence-electron chi connectivity index (χ2n) is 10.1. The number of rotatable bonds is 13. The first-order chi connectivity index (χ1) is 18.9. The highest BCUT2D eigenvalue weighted by atomic mass is 32.1. The summed E-state index contributed by atoms with van der Waals surface area (Å²) in [5.74, 6) is 0.733. The van der Waals surface area contributed by atoms with Gasteiger partial charge in [-0.05, 0) is 73.4 Å². The first-order valence-electron chi connectivity index (χ1n) is 14.0. The molecule has 0 bridgehead atoms. The van der Waals surface area contributed by atoms with Gasteiger partial charge >= 0.3 is 5.97 Å². The molecule has 0 saturated heterocycles. The molecule has 0 saturated carbocycles. The second kappa shape index (κ2) is 13.5. The van der Waals surface area contributed by atoms with E-state index in [1.54, 1.807) is 35.2 Å². The van der Waals surface area contributed by atoms with Crippen LogP contribution in [0.5, 0.6) is 11.5 Å². The van der Waals surface area contributed by atoms with Gasteiger partial charge in [-0.3, -0.25) is 9.69 Å². The number of benzene rings is 3. The van der Waals surface area contributed by atoms with E-state index in [-0.39, 0.29) is 11.9 Å². The molecule has 0 aromatic heterocycles. The molecule has 4 rings (SSSR count). The first kappa shape index (κ1) is 28.5. The number of hydrogen-bond acceptors (Lipinski definition) is 5. The lowest BCUT2D eigenvalue weighted by Gasteiger charge is -2.24. The minimum Gasteiger partial charge on any atom is -0.494 e. The quantitative estimate of drug-likeness (QED) is 0.0940. The predicted molar refractivity (Wildman–Crippen MR) is 160 cm³/mol. The Morgan fingerprint density at radius 1 is 0.821 bits per heavy atom. The third-order valence-corrected chi connectivity index (χ3v) is 7.51. The minimum atomic E-state index is -0.486. The van der Waals surface area contributed by atoms with Crippen LogP contribution < -0.4 is 9.47 Å². The number of carbonyl (C=O) groups is 2. The van der Waals surface area contributed by atoms with E-state index in [1.165, 1.54) is 12.8 Å². The molecule has 0 N–H and O–H groups in total. The van der Waals surface area contributed by atoms with Crippen LogP contribution in [0.3, 0.4) is 0 Å². The molecular formula is C33H37NO4S. The molecule has 39 heavy (non-hydrogen) atoms. The third-order valence-electron chi connectivity index (χ3n) is 7.09. The largest absolute Gasteiger partial charge is 0.494 e.